The van der Waals surface area contributed by atoms with Crippen molar-refractivity contribution in [3.8, 4) is 5.75 Å². The Morgan fingerprint density at radius 2 is 1.95 bits per heavy atom. The molecule has 1 amide bonds. The molecule has 0 unspecified atom stereocenters. The number of amides is 1. The van der Waals surface area contributed by atoms with Crippen molar-refractivity contribution in [1.29, 1.82) is 0 Å². The minimum Gasteiger partial charge on any atom is -0.497 e. The van der Waals surface area contributed by atoms with Crippen LogP contribution in [0.3, 0.4) is 0 Å². The molecule has 1 aliphatic heterocycles. The topological polar surface area (TPSA) is 53.6 Å². The van der Waals surface area contributed by atoms with Gasteiger partial charge in [-0.3, -0.25) is 9.69 Å². The molecule has 0 aromatic heterocycles. The van der Waals surface area contributed by atoms with Crippen molar-refractivity contribution >= 4 is 11.6 Å². The van der Waals surface area contributed by atoms with Crippen LogP contribution >= 0.6 is 0 Å². The van der Waals surface area contributed by atoms with E-state index in [1.807, 2.05) is 31.3 Å². The highest BCUT2D eigenvalue weighted by atomic mass is 16.5. The molecular formula is C17H27N3O2. The zero-order chi connectivity index (χ0) is 15.8. The number of piperidine rings is 1. The fourth-order valence-corrected chi connectivity index (χ4v) is 2.86. The maximum absolute atomic E-state index is 12.1. The molecule has 0 bridgehead atoms. The highest BCUT2D eigenvalue weighted by molar-refractivity contribution is 5.92. The fourth-order valence-electron chi connectivity index (χ4n) is 2.86. The first-order valence-electron chi connectivity index (χ1n) is 8.02. The van der Waals surface area contributed by atoms with Gasteiger partial charge in [-0.25, -0.2) is 0 Å². The molecule has 0 saturated carbocycles. The van der Waals surface area contributed by atoms with Crippen LogP contribution in [0.2, 0.25) is 0 Å². The highest BCUT2D eigenvalue weighted by Crippen LogP contribution is 2.20. The Bertz CT molecular complexity index is 453. The van der Waals surface area contributed by atoms with Crippen LogP contribution in [-0.4, -0.2) is 51.1 Å². The molecule has 1 fully saturated rings. The van der Waals surface area contributed by atoms with Crippen LogP contribution in [0.25, 0.3) is 0 Å². The van der Waals surface area contributed by atoms with Crippen molar-refractivity contribution in [2.45, 2.75) is 19.3 Å². The number of anilines is 1. The van der Waals surface area contributed by atoms with Gasteiger partial charge >= 0.3 is 0 Å². The molecule has 1 heterocycles. The van der Waals surface area contributed by atoms with E-state index in [9.17, 15) is 4.79 Å². The van der Waals surface area contributed by atoms with E-state index in [0.29, 0.717) is 6.54 Å². The number of carbonyl (C=O) groups excluding carboxylic acids is 1. The summed E-state index contributed by atoms with van der Waals surface area (Å²) >= 11 is 0. The number of hydrogen-bond donors (Lipinski definition) is 2. The van der Waals surface area contributed by atoms with Gasteiger partial charge in [0, 0.05) is 5.69 Å². The van der Waals surface area contributed by atoms with Crippen molar-refractivity contribution < 1.29 is 9.53 Å². The van der Waals surface area contributed by atoms with E-state index in [-0.39, 0.29) is 5.91 Å². The summed E-state index contributed by atoms with van der Waals surface area (Å²) < 4.78 is 5.11. The number of methoxy groups -OCH3 is 1. The molecule has 1 saturated heterocycles. The van der Waals surface area contributed by atoms with Gasteiger partial charge in [0.1, 0.15) is 5.75 Å². The fraction of sp³-hybridized carbons (Fsp3) is 0.588. The standard InChI is InChI=1S/C17H27N3O2/c1-18-10-7-14-8-11-20(12-9-14)13-17(21)19-15-3-5-16(22-2)6-4-15/h3-6,14,18H,7-13H2,1-2H3,(H,19,21). The number of likely N-dealkylation sites (tertiary alicyclic amines) is 1. The van der Waals surface area contributed by atoms with Gasteiger partial charge in [0.15, 0.2) is 0 Å². The lowest BCUT2D eigenvalue weighted by molar-refractivity contribution is -0.117. The lowest BCUT2D eigenvalue weighted by atomic mass is 9.93. The van der Waals surface area contributed by atoms with Crippen LogP contribution in [0.5, 0.6) is 5.75 Å². The summed E-state index contributed by atoms with van der Waals surface area (Å²) in [4.78, 5) is 14.3. The maximum atomic E-state index is 12.1. The number of rotatable bonds is 7. The van der Waals surface area contributed by atoms with Crippen LogP contribution < -0.4 is 15.4 Å². The molecule has 0 radical (unpaired) electrons. The summed E-state index contributed by atoms with van der Waals surface area (Å²) in [5, 5.41) is 6.15. The van der Waals surface area contributed by atoms with Crippen molar-refractivity contribution in [1.82, 2.24) is 10.2 Å². The zero-order valence-electron chi connectivity index (χ0n) is 13.6. The Balaban J connectivity index is 1.71. The van der Waals surface area contributed by atoms with Gasteiger partial charge in [0.2, 0.25) is 5.91 Å². The maximum Gasteiger partial charge on any atom is 0.238 e. The third-order valence-corrected chi connectivity index (χ3v) is 4.25. The van der Waals surface area contributed by atoms with E-state index in [0.717, 1.165) is 37.0 Å². The second kappa shape index (κ2) is 8.76. The first-order valence-corrected chi connectivity index (χ1v) is 8.02. The Hall–Kier alpha value is -1.59. The first-order chi connectivity index (χ1) is 10.7. The molecule has 1 aliphatic rings. The van der Waals surface area contributed by atoms with E-state index < -0.39 is 0 Å². The Morgan fingerprint density at radius 3 is 2.55 bits per heavy atom. The lowest BCUT2D eigenvalue weighted by Crippen LogP contribution is -2.39. The second-order valence-electron chi connectivity index (χ2n) is 5.89. The number of hydrogen-bond acceptors (Lipinski definition) is 4. The number of nitrogens with one attached hydrogen (secondary N) is 2. The molecule has 0 atom stereocenters. The van der Waals surface area contributed by atoms with Gasteiger partial charge < -0.3 is 15.4 Å². The van der Waals surface area contributed by atoms with Crippen LogP contribution in [0.15, 0.2) is 24.3 Å². The van der Waals surface area contributed by atoms with Gasteiger partial charge in [-0.05, 0) is 76.1 Å². The number of ether oxygens (including phenoxy) is 1. The third kappa shape index (κ3) is 5.31. The number of carbonyl (C=O) groups is 1. The third-order valence-electron chi connectivity index (χ3n) is 4.25. The SMILES string of the molecule is CNCCC1CCN(CC(=O)Nc2ccc(OC)cc2)CC1. The number of nitrogens with zero attached hydrogens (tertiary/aromatic N) is 1. The normalized spacial score (nSPS) is 16.5. The quantitative estimate of drug-likeness (QED) is 0.808. The highest BCUT2D eigenvalue weighted by Gasteiger charge is 2.20. The van der Waals surface area contributed by atoms with Crippen LogP contribution in [0.4, 0.5) is 5.69 Å². The molecule has 2 N–H and O–H groups in total. The smallest absolute Gasteiger partial charge is 0.238 e. The summed E-state index contributed by atoms with van der Waals surface area (Å²) in [5.74, 6) is 1.65. The van der Waals surface area contributed by atoms with Crippen LogP contribution in [0.1, 0.15) is 19.3 Å². The molecule has 2 rings (SSSR count). The van der Waals surface area contributed by atoms with Crippen molar-refractivity contribution in [3.63, 3.8) is 0 Å². The number of benzene rings is 1. The summed E-state index contributed by atoms with van der Waals surface area (Å²) in [6.07, 6.45) is 3.62. The molecule has 122 valence electrons. The summed E-state index contributed by atoms with van der Waals surface area (Å²) in [6, 6.07) is 7.42. The molecule has 1 aromatic rings. The van der Waals surface area contributed by atoms with Gasteiger partial charge in [-0.1, -0.05) is 0 Å². The van der Waals surface area contributed by atoms with Crippen molar-refractivity contribution in [2.75, 3.05) is 45.7 Å². The molecule has 22 heavy (non-hydrogen) atoms. The molecule has 5 heteroatoms. The molecule has 5 nitrogen and oxygen atoms in total. The summed E-state index contributed by atoms with van der Waals surface area (Å²) in [7, 11) is 3.63. The van der Waals surface area contributed by atoms with Gasteiger partial charge in [0.25, 0.3) is 0 Å². The van der Waals surface area contributed by atoms with Crippen molar-refractivity contribution in [2.24, 2.45) is 5.92 Å². The van der Waals surface area contributed by atoms with Crippen LogP contribution in [0, 0.1) is 5.92 Å². The Kier molecular flexibility index (Phi) is 6.68. The van der Waals surface area contributed by atoms with E-state index in [4.69, 9.17) is 4.74 Å². The Labute approximate surface area is 133 Å². The molecular weight excluding hydrogens is 278 g/mol. The lowest BCUT2D eigenvalue weighted by Gasteiger charge is -2.31. The molecule has 0 spiro atoms. The van der Waals surface area contributed by atoms with E-state index in [1.165, 1.54) is 19.3 Å². The predicted molar refractivity (Wildman–Crippen MR) is 89.3 cm³/mol. The zero-order valence-corrected chi connectivity index (χ0v) is 13.6. The van der Waals surface area contributed by atoms with E-state index >= 15 is 0 Å². The summed E-state index contributed by atoms with van der Waals surface area (Å²) in [5.41, 5.74) is 0.815. The minimum atomic E-state index is 0.0545. The van der Waals surface area contributed by atoms with Gasteiger partial charge in [0.05, 0.1) is 13.7 Å². The molecule has 0 aliphatic carbocycles. The van der Waals surface area contributed by atoms with E-state index in [1.54, 1.807) is 7.11 Å². The Morgan fingerprint density at radius 1 is 1.27 bits per heavy atom. The predicted octanol–water partition coefficient (Wildman–Crippen LogP) is 1.96. The average molecular weight is 305 g/mol. The largest absolute Gasteiger partial charge is 0.497 e. The first kappa shape index (κ1) is 16.8. The van der Waals surface area contributed by atoms with Crippen LogP contribution in [-0.2, 0) is 4.79 Å². The second-order valence-corrected chi connectivity index (χ2v) is 5.89. The average Bonchev–Trinajstić information content (AvgIpc) is 2.55. The van der Waals surface area contributed by atoms with Crippen molar-refractivity contribution in [3.05, 3.63) is 24.3 Å². The minimum absolute atomic E-state index is 0.0545. The van der Waals surface area contributed by atoms with Gasteiger partial charge in [-0.15, -0.1) is 0 Å². The summed E-state index contributed by atoms with van der Waals surface area (Å²) in [6.45, 7) is 3.60. The molecule has 1 aromatic carbocycles. The monoisotopic (exact) mass is 305 g/mol. The van der Waals surface area contributed by atoms with Gasteiger partial charge in [-0.2, -0.15) is 0 Å². The van der Waals surface area contributed by atoms with E-state index in [2.05, 4.69) is 15.5 Å².